The Morgan fingerprint density at radius 1 is 1.26 bits per heavy atom. The highest BCUT2D eigenvalue weighted by Gasteiger charge is 2.32. The summed E-state index contributed by atoms with van der Waals surface area (Å²) < 4.78 is 61.0. The second kappa shape index (κ2) is 8.08. The SMILES string of the molecule is COCc1c(C(=O)Nc2cc(C(F)(F)F)ccc2-n2cncn2)sc2cccc(F)c12. The first-order valence-electron chi connectivity index (χ1n) is 8.86. The molecule has 1 amide bonds. The molecule has 2 aromatic carbocycles. The van der Waals surface area contributed by atoms with Crippen LogP contribution in [0.15, 0.2) is 49.1 Å². The van der Waals surface area contributed by atoms with Crippen molar-refractivity contribution >= 4 is 33.0 Å². The van der Waals surface area contributed by atoms with Crippen molar-refractivity contribution in [3.8, 4) is 5.69 Å². The molecule has 31 heavy (non-hydrogen) atoms. The lowest BCUT2D eigenvalue weighted by Gasteiger charge is -2.14. The maximum Gasteiger partial charge on any atom is 0.416 e. The van der Waals surface area contributed by atoms with Crippen LogP contribution in [0.25, 0.3) is 15.8 Å². The van der Waals surface area contributed by atoms with E-state index in [2.05, 4.69) is 15.4 Å². The third kappa shape index (κ3) is 4.01. The van der Waals surface area contributed by atoms with Crippen molar-refractivity contribution in [3.63, 3.8) is 0 Å². The van der Waals surface area contributed by atoms with E-state index in [0.29, 0.717) is 10.3 Å². The second-order valence-corrected chi connectivity index (χ2v) is 7.53. The summed E-state index contributed by atoms with van der Waals surface area (Å²) in [6.07, 6.45) is -2.10. The van der Waals surface area contributed by atoms with Gasteiger partial charge in [0.1, 0.15) is 18.5 Å². The van der Waals surface area contributed by atoms with Crippen molar-refractivity contribution in [2.24, 2.45) is 0 Å². The molecule has 0 bridgehead atoms. The minimum atomic E-state index is -4.61. The predicted molar refractivity (Wildman–Crippen MR) is 107 cm³/mol. The van der Waals surface area contributed by atoms with Crippen LogP contribution in [-0.4, -0.2) is 27.8 Å². The molecule has 0 aliphatic carbocycles. The van der Waals surface area contributed by atoms with Crippen LogP contribution in [0, 0.1) is 5.82 Å². The Hall–Kier alpha value is -3.31. The molecule has 0 saturated carbocycles. The normalized spacial score (nSPS) is 11.8. The lowest BCUT2D eigenvalue weighted by Crippen LogP contribution is -2.16. The first kappa shape index (κ1) is 20.9. The number of rotatable bonds is 5. The van der Waals surface area contributed by atoms with Gasteiger partial charge in [-0.3, -0.25) is 4.79 Å². The molecule has 4 rings (SSSR count). The minimum absolute atomic E-state index is 0.0395. The van der Waals surface area contributed by atoms with E-state index in [1.165, 1.54) is 42.6 Å². The van der Waals surface area contributed by atoms with Gasteiger partial charge in [0.2, 0.25) is 0 Å². The van der Waals surface area contributed by atoms with E-state index >= 15 is 0 Å². The zero-order valence-corrected chi connectivity index (χ0v) is 16.7. The Bertz CT molecular complexity index is 1250. The maximum atomic E-state index is 14.4. The van der Waals surface area contributed by atoms with E-state index in [4.69, 9.17) is 4.74 Å². The zero-order chi connectivity index (χ0) is 22.2. The minimum Gasteiger partial charge on any atom is -0.380 e. The second-order valence-electron chi connectivity index (χ2n) is 6.48. The molecule has 2 heterocycles. The van der Waals surface area contributed by atoms with E-state index < -0.39 is 23.5 Å². The van der Waals surface area contributed by atoms with Gasteiger partial charge in [0, 0.05) is 22.8 Å². The number of methoxy groups -OCH3 is 1. The van der Waals surface area contributed by atoms with E-state index in [0.717, 1.165) is 23.5 Å². The highest BCUT2D eigenvalue weighted by molar-refractivity contribution is 7.21. The molecule has 2 aromatic heterocycles. The Kier molecular flexibility index (Phi) is 5.46. The molecule has 0 aliphatic heterocycles. The number of amides is 1. The van der Waals surface area contributed by atoms with Gasteiger partial charge in [0.05, 0.1) is 28.4 Å². The average Bonchev–Trinajstić information content (AvgIpc) is 3.37. The number of hydrogen-bond acceptors (Lipinski definition) is 5. The van der Waals surface area contributed by atoms with E-state index in [1.54, 1.807) is 6.07 Å². The first-order chi connectivity index (χ1) is 14.8. The van der Waals surface area contributed by atoms with Crippen molar-refractivity contribution in [3.05, 3.63) is 70.9 Å². The first-order valence-corrected chi connectivity index (χ1v) is 9.67. The van der Waals surface area contributed by atoms with Gasteiger partial charge in [0.25, 0.3) is 5.91 Å². The van der Waals surface area contributed by atoms with Crippen LogP contribution < -0.4 is 5.32 Å². The van der Waals surface area contributed by atoms with Crippen LogP contribution in [0.5, 0.6) is 0 Å². The molecule has 0 saturated heterocycles. The van der Waals surface area contributed by atoms with Gasteiger partial charge in [-0.25, -0.2) is 14.1 Å². The average molecular weight is 450 g/mol. The molecule has 0 aliphatic rings. The standard InChI is InChI=1S/C20H14F4N4O2S/c1-30-8-12-17-13(21)3-2-4-16(17)31-18(12)19(29)27-14-7-11(20(22,23)24)5-6-15(14)28-10-25-9-26-28/h2-7,9-10H,8H2,1H3,(H,27,29). The van der Waals surface area contributed by atoms with Crippen LogP contribution in [0.4, 0.5) is 23.2 Å². The van der Waals surface area contributed by atoms with E-state index in [9.17, 15) is 22.4 Å². The number of nitrogens with one attached hydrogen (secondary N) is 1. The van der Waals surface area contributed by atoms with Crippen LogP contribution in [0.2, 0.25) is 0 Å². The monoisotopic (exact) mass is 450 g/mol. The summed E-state index contributed by atoms with van der Waals surface area (Å²) in [6, 6.07) is 7.34. The number of hydrogen-bond donors (Lipinski definition) is 1. The Morgan fingerprint density at radius 2 is 2.06 bits per heavy atom. The van der Waals surface area contributed by atoms with Crippen molar-refractivity contribution < 1.29 is 27.1 Å². The smallest absolute Gasteiger partial charge is 0.380 e. The van der Waals surface area contributed by atoms with Crippen LogP contribution in [0.3, 0.4) is 0 Å². The van der Waals surface area contributed by atoms with Crippen LogP contribution >= 0.6 is 11.3 Å². The number of carbonyl (C=O) groups is 1. The quantitative estimate of drug-likeness (QED) is 0.433. The van der Waals surface area contributed by atoms with Crippen LogP contribution in [0.1, 0.15) is 20.8 Å². The number of nitrogens with zero attached hydrogens (tertiary/aromatic N) is 3. The van der Waals surface area contributed by atoms with Gasteiger partial charge in [-0.2, -0.15) is 18.3 Å². The van der Waals surface area contributed by atoms with Gasteiger partial charge in [-0.05, 0) is 30.3 Å². The predicted octanol–water partition coefficient (Wildman–Crippen LogP) is 5.04. The molecule has 4 aromatic rings. The lowest BCUT2D eigenvalue weighted by molar-refractivity contribution is -0.137. The van der Waals surface area contributed by atoms with Gasteiger partial charge in [-0.15, -0.1) is 11.3 Å². The maximum absolute atomic E-state index is 14.4. The summed E-state index contributed by atoms with van der Waals surface area (Å²) in [5.41, 5.74) is -0.537. The number of anilines is 1. The zero-order valence-electron chi connectivity index (χ0n) is 15.9. The van der Waals surface area contributed by atoms with Gasteiger partial charge in [0.15, 0.2) is 0 Å². The molecule has 0 radical (unpaired) electrons. The largest absolute Gasteiger partial charge is 0.416 e. The Labute approximate surface area is 177 Å². The third-order valence-corrected chi connectivity index (χ3v) is 5.69. The summed E-state index contributed by atoms with van der Waals surface area (Å²) in [7, 11) is 1.40. The van der Waals surface area contributed by atoms with Gasteiger partial charge < -0.3 is 10.1 Å². The summed E-state index contributed by atoms with van der Waals surface area (Å²) >= 11 is 1.03. The van der Waals surface area contributed by atoms with Crippen LogP contribution in [-0.2, 0) is 17.5 Å². The third-order valence-electron chi connectivity index (χ3n) is 4.50. The highest BCUT2D eigenvalue weighted by atomic mass is 32.1. The molecule has 160 valence electrons. The number of ether oxygens (including phenoxy) is 1. The number of aromatic nitrogens is 3. The topological polar surface area (TPSA) is 69.0 Å². The fraction of sp³-hybridized carbons (Fsp3) is 0.150. The highest BCUT2D eigenvalue weighted by Crippen LogP contribution is 2.36. The number of halogens is 4. The number of benzene rings is 2. The number of fused-ring (bicyclic) bond motifs is 1. The number of thiophene rings is 1. The molecule has 0 unspecified atom stereocenters. The summed E-state index contributed by atoms with van der Waals surface area (Å²) in [5.74, 6) is -1.20. The summed E-state index contributed by atoms with van der Waals surface area (Å²) in [6.45, 7) is -0.0395. The number of alkyl halides is 3. The summed E-state index contributed by atoms with van der Waals surface area (Å²) in [4.78, 5) is 17.0. The van der Waals surface area contributed by atoms with Crippen molar-refractivity contribution in [2.45, 2.75) is 12.8 Å². The molecule has 11 heteroatoms. The summed E-state index contributed by atoms with van der Waals surface area (Å²) in [5, 5.41) is 6.68. The molecule has 0 atom stereocenters. The fourth-order valence-corrected chi connectivity index (χ4v) is 4.27. The molecule has 0 spiro atoms. The Balaban J connectivity index is 1.80. The van der Waals surface area contributed by atoms with Gasteiger partial charge in [-0.1, -0.05) is 6.07 Å². The van der Waals surface area contributed by atoms with E-state index in [-0.39, 0.29) is 28.2 Å². The molecule has 0 fully saturated rings. The van der Waals surface area contributed by atoms with Crippen molar-refractivity contribution in [1.29, 1.82) is 0 Å². The molecular weight excluding hydrogens is 436 g/mol. The number of carbonyl (C=O) groups excluding carboxylic acids is 1. The molecular formula is C20H14F4N4O2S. The lowest BCUT2D eigenvalue weighted by atomic mass is 10.1. The van der Waals surface area contributed by atoms with E-state index in [1.807, 2.05) is 0 Å². The fourth-order valence-electron chi connectivity index (χ4n) is 3.16. The molecule has 1 N–H and O–H groups in total. The van der Waals surface area contributed by atoms with Gasteiger partial charge >= 0.3 is 6.18 Å². The molecule has 6 nitrogen and oxygen atoms in total. The van der Waals surface area contributed by atoms with Crippen molar-refractivity contribution in [2.75, 3.05) is 12.4 Å². The Morgan fingerprint density at radius 3 is 2.74 bits per heavy atom. The van der Waals surface area contributed by atoms with Crippen molar-refractivity contribution in [1.82, 2.24) is 14.8 Å².